The molecule has 1 fully saturated rings. The van der Waals surface area contributed by atoms with Crippen LogP contribution in [-0.2, 0) is 35.1 Å². The van der Waals surface area contributed by atoms with Crippen LogP contribution in [-0.4, -0.2) is 71.9 Å². The Bertz CT molecular complexity index is 606. The summed E-state index contributed by atoms with van der Waals surface area (Å²) in [7, 11) is 1.51. The van der Waals surface area contributed by atoms with Crippen LogP contribution in [0.4, 0.5) is 0 Å². The summed E-state index contributed by atoms with van der Waals surface area (Å²) >= 11 is 0. The highest BCUT2D eigenvalue weighted by Gasteiger charge is 2.48. The standard InChI is InChI=1S/C16H25NO6S/c1-17(2)14-13(11-21-10-12-8-6-5-7-9-12)22-16(20-3)15(14)23-24(4,18)19/h5-9,13-16H,10-11H2,1-4H3/t13-,14+,15-,16-/m1/s1. The normalized spacial score (nSPS) is 27.7. The van der Waals surface area contributed by atoms with Gasteiger partial charge in [-0.3, -0.25) is 4.18 Å². The highest BCUT2D eigenvalue weighted by Crippen LogP contribution is 2.29. The Morgan fingerprint density at radius 3 is 2.42 bits per heavy atom. The fourth-order valence-corrected chi connectivity index (χ4v) is 3.44. The lowest BCUT2D eigenvalue weighted by molar-refractivity contribution is -0.152. The van der Waals surface area contributed by atoms with E-state index in [-0.39, 0.29) is 12.1 Å². The molecule has 1 aliphatic heterocycles. The SMILES string of the molecule is CO[C@@H]1O[C@H](COCc2ccccc2)[C@H](N(C)C)[C@H]1OS(C)(=O)=O. The molecule has 136 valence electrons. The van der Waals surface area contributed by atoms with Crippen molar-refractivity contribution in [3.05, 3.63) is 35.9 Å². The van der Waals surface area contributed by atoms with Gasteiger partial charge in [-0.05, 0) is 19.7 Å². The molecule has 1 heterocycles. The summed E-state index contributed by atoms with van der Waals surface area (Å²) < 4.78 is 45.1. The minimum atomic E-state index is -3.63. The number of methoxy groups -OCH3 is 1. The minimum Gasteiger partial charge on any atom is -0.374 e. The molecule has 0 unspecified atom stereocenters. The van der Waals surface area contributed by atoms with Gasteiger partial charge < -0.3 is 19.1 Å². The number of hydrogen-bond acceptors (Lipinski definition) is 7. The van der Waals surface area contributed by atoms with Crippen molar-refractivity contribution in [2.75, 3.05) is 34.1 Å². The van der Waals surface area contributed by atoms with E-state index in [1.807, 2.05) is 49.3 Å². The third kappa shape index (κ3) is 5.23. The molecular weight excluding hydrogens is 334 g/mol. The van der Waals surface area contributed by atoms with E-state index in [0.717, 1.165) is 11.8 Å². The number of hydrogen-bond donors (Lipinski definition) is 0. The monoisotopic (exact) mass is 359 g/mol. The molecule has 0 aliphatic carbocycles. The molecule has 4 atom stereocenters. The summed E-state index contributed by atoms with van der Waals surface area (Å²) in [5.41, 5.74) is 1.06. The first-order valence-electron chi connectivity index (χ1n) is 7.66. The van der Waals surface area contributed by atoms with Gasteiger partial charge >= 0.3 is 0 Å². The van der Waals surface area contributed by atoms with Gasteiger partial charge in [0.15, 0.2) is 6.29 Å². The molecule has 8 heteroatoms. The Balaban J connectivity index is 2.02. The van der Waals surface area contributed by atoms with E-state index in [1.165, 1.54) is 7.11 Å². The van der Waals surface area contributed by atoms with Crippen LogP contribution in [0.3, 0.4) is 0 Å². The van der Waals surface area contributed by atoms with Crippen molar-refractivity contribution in [2.24, 2.45) is 0 Å². The van der Waals surface area contributed by atoms with Crippen molar-refractivity contribution >= 4 is 10.1 Å². The molecule has 0 N–H and O–H groups in total. The van der Waals surface area contributed by atoms with Crippen molar-refractivity contribution in [3.63, 3.8) is 0 Å². The zero-order valence-corrected chi connectivity index (χ0v) is 15.2. The second-order valence-corrected chi connectivity index (χ2v) is 7.60. The molecule has 0 aromatic heterocycles. The van der Waals surface area contributed by atoms with Crippen molar-refractivity contribution < 1.29 is 26.8 Å². The molecule has 0 bridgehead atoms. The van der Waals surface area contributed by atoms with Crippen LogP contribution in [0.5, 0.6) is 0 Å². The van der Waals surface area contributed by atoms with Crippen LogP contribution < -0.4 is 0 Å². The van der Waals surface area contributed by atoms with Gasteiger partial charge in [-0.15, -0.1) is 0 Å². The number of ether oxygens (including phenoxy) is 3. The van der Waals surface area contributed by atoms with Gasteiger partial charge in [0.05, 0.1) is 25.5 Å². The van der Waals surface area contributed by atoms with Gasteiger partial charge in [-0.1, -0.05) is 30.3 Å². The molecule has 1 saturated heterocycles. The van der Waals surface area contributed by atoms with Crippen molar-refractivity contribution in [3.8, 4) is 0 Å². The van der Waals surface area contributed by atoms with Crippen LogP contribution in [0.25, 0.3) is 0 Å². The Kier molecular flexibility index (Phi) is 6.73. The molecule has 1 aromatic rings. The predicted octanol–water partition coefficient (Wildman–Crippen LogP) is 0.849. The lowest BCUT2D eigenvalue weighted by Gasteiger charge is -2.28. The van der Waals surface area contributed by atoms with Crippen molar-refractivity contribution in [1.29, 1.82) is 0 Å². The highest BCUT2D eigenvalue weighted by atomic mass is 32.2. The number of likely N-dealkylation sites (N-methyl/N-ethyl adjacent to an activating group) is 1. The number of benzene rings is 1. The van der Waals surface area contributed by atoms with E-state index in [0.29, 0.717) is 13.2 Å². The summed E-state index contributed by atoms with van der Waals surface area (Å²) in [5, 5.41) is 0. The van der Waals surface area contributed by atoms with Crippen LogP contribution in [0, 0.1) is 0 Å². The molecule has 24 heavy (non-hydrogen) atoms. The summed E-state index contributed by atoms with van der Waals surface area (Å²) in [4.78, 5) is 1.87. The molecule has 0 spiro atoms. The zero-order chi connectivity index (χ0) is 17.7. The maximum atomic E-state index is 11.5. The fraction of sp³-hybridized carbons (Fsp3) is 0.625. The topological polar surface area (TPSA) is 74.3 Å². The summed E-state index contributed by atoms with van der Waals surface area (Å²) in [5.74, 6) is 0. The quantitative estimate of drug-likeness (QED) is 0.637. The van der Waals surface area contributed by atoms with Crippen molar-refractivity contribution in [1.82, 2.24) is 4.90 Å². The average molecular weight is 359 g/mol. The van der Waals surface area contributed by atoms with E-state index in [4.69, 9.17) is 18.4 Å². The Hall–Kier alpha value is -1.03. The van der Waals surface area contributed by atoms with Crippen molar-refractivity contribution in [2.45, 2.75) is 31.1 Å². The van der Waals surface area contributed by atoms with Gasteiger partial charge in [-0.25, -0.2) is 0 Å². The lowest BCUT2D eigenvalue weighted by atomic mass is 10.1. The molecular formula is C16H25NO6S. The fourth-order valence-electron chi connectivity index (χ4n) is 2.83. The smallest absolute Gasteiger partial charge is 0.264 e. The Morgan fingerprint density at radius 2 is 1.88 bits per heavy atom. The van der Waals surface area contributed by atoms with Crippen LogP contribution in [0.15, 0.2) is 30.3 Å². The van der Waals surface area contributed by atoms with Crippen LogP contribution in [0.2, 0.25) is 0 Å². The van der Waals surface area contributed by atoms with E-state index in [9.17, 15) is 8.42 Å². The van der Waals surface area contributed by atoms with Gasteiger partial charge in [-0.2, -0.15) is 8.42 Å². The highest BCUT2D eigenvalue weighted by molar-refractivity contribution is 7.86. The molecule has 0 saturated carbocycles. The zero-order valence-electron chi connectivity index (χ0n) is 14.4. The van der Waals surface area contributed by atoms with Gasteiger partial charge in [0, 0.05) is 7.11 Å². The number of rotatable bonds is 8. The van der Waals surface area contributed by atoms with Gasteiger partial charge in [0.2, 0.25) is 0 Å². The third-order valence-electron chi connectivity index (χ3n) is 3.80. The molecule has 0 amide bonds. The summed E-state index contributed by atoms with van der Waals surface area (Å²) in [6.45, 7) is 0.761. The Morgan fingerprint density at radius 1 is 1.21 bits per heavy atom. The molecule has 7 nitrogen and oxygen atoms in total. The molecule has 1 aliphatic rings. The van der Waals surface area contributed by atoms with Gasteiger partial charge in [0.1, 0.15) is 12.2 Å². The molecule has 2 rings (SSSR count). The minimum absolute atomic E-state index is 0.305. The molecule has 0 radical (unpaired) electrons. The maximum Gasteiger partial charge on any atom is 0.264 e. The van der Waals surface area contributed by atoms with Crippen LogP contribution in [0.1, 0.15) is 5.56 Å². The van der Waals surface area contributed by atoms with Crippen LogP contribution >= 0.6 is 0 Å². The second-order valence-electron chi connectivity index (χ2n) is 6.00. The second kappa shape index (κ2) is 8.37. The maximum absolute atomic E-state index is 11.5. The summed E-state index contributed by atoms with van der Waals surface area (Å²) in [6, 6.07) is 9.50. The average Bonchev–Trinajstić information content (AvgIpc) is 2.84. The first-order chi connectivity index (χ1) is 11.3. The lowest BCUT2D eigenvalue weighted by Crippen LogP contribution is -2.47. The largest absolute Gasteiger partial charge is 0.374 e. The van der Waals surface area contributed by atoms with E-state index < -0.39 is 22.5 Å². The molecule has 1 aromatic carbocycles. The first kappa shape index (κ1) is 19.3. The van der Waals surface area contributed by atoms with E-state index >= 15 is 0 Å². The third-order valence-corrected chi connectivity index (χ3v) is 4.37. The Labute approximate surface area is 143 Å². The summed E-state index contributed by atoms with van der Waals surface area (Å²) in [6.07, 6.45) is -0.853. The first-order valence-corrected chi connectivity index (χ1v) is 9.48. The number of nitrogens with zero attached hydrogens (tertiary/aromatic N) is 1. The van der Waals surface area contributed by atoms with E-state index in [1.54, 1.807) is 0 Å². The predicted molar refractivity (Wildman–Crippen MR) is 89.0 cm³/mol. The van der Waals surface area contributed by atoms with E-state index in [2.05, 4.69) is 0 Å². The van der Waals surface area contributed by atoms with Gasteiger partial charge in [0.25, 0.3) is 10.1 Å².